The number of likely N-dealkylation sites (N-methyl/N-ethyl adjacent to an activating group) is 1. The van der Waals surface area contributed by atoms with Gasteiger partial charge in [0.15, 0.2) is 0 Å². The van der Waals surface area contributed by atoms with Crippen molar-refractivity contribution >= 4 is 18.3 Å². The lowest BCUT2D eigenvalue weighted by molar-refractivity contribution is -0.133. The summed E-state index contributed by atoms with van der Waals surface area (Å²) in [6.07, 6.45) is 4.73. The van der Waals surface area contributed by atoms with Gasteiger partial charge in [-0.2, -0.15) is 0 Å². The molecule has 1 atom stereocenters. The minimum atomic E-state index is 0. The molecule has 1 saturated heterocycles. The average molecular weight is 221 g/mol. The van der Waals surface area contributed by atoms with Gasteiger partial charge in [-0.3, -0.25) is 4.79 Å². The highest BCUT2D eigenvalue weighted by Crippen LogP contribution is 2.18. The average Bonchev–Trinajstić information content (AvgIpc) is 2.18. The van der Waals surface area contributed by atoms with E-state index >= 15 is 0 Å². The fourth-order valence-electron chi connectivity index (χ4n) is 2.01. The van der Waals surface area contributed by atoms with Crippen molar-refractivity contribution in [2.45, 2.75) is 38.6 Å². The summed E-state index contributed by atoms with van der Waals surface area (Å²) in [5.74, 6) is 0.258. The van der Waals surface area contributed by atoms with Crippen molar-refractivity contribution in [3.05, 3.63) is 0 Å². The maximum atomic E-state index is 11.6. The Bertz CT molecular complexity index is 176. The standard InChI is InChI=1S/C10H20N2O.ClH/c1-3-9-6-4-5-7-12(9)10(13)8-11-2;/h9,11H,3-8H2,1-2H3;1H. The first-order chi connectivity index (χ1) is 6.29. The molecule has 0 bridgehead atoms. The zero-order valence-electron chi connectivity index (χ0n) is 9.08. The number of nitrogens with one attached hydrogen (secondary N) is 1. The number of carbonyl (C=O) groups is 1. The van der Waals surface area contributed by atoms with Crippen molar-refractivity contribution in [1.29, 1.82) is 0 Å². The van der Waals surface area contributed by atoms with Crippen LogP contribution in [-0.4, -0.2) is 37.0 Å². The van der Waals surface area contributed by atoms with Gasteiger partial charge in [-0.05, 0) is 32.7 Å². The number of piperidine rings is 1. The van der Waals surface area contributed by atoms with Crippen LogP contribution in [0.3, 0.4) is 0 Å². The molecule has 0 aromatic carbocycles. The summed E-state index contributed by atoms with van der Waals surface area (Å²) >= 11 is 0. The Morgan fingerprint density at radius 3 is 2.79 bits per heavy atom. The van der Waals surface area contributed by atoms with Crippen LogP contribution in [0.4, 0.5) is 0 Å². The van der Waals surface area contributed by atoms with E-state index in [1.807, 2.05) is 11.9 Å². The number of carbonyl (C=O) groups excluding carboxylic acids is 1. The highest BCUT2D eigenvalue weighted by molar-refractivity contribution is 5.85. The van der Waals surface area contributed by atoms with Gasteiger partial charge in [0.2, 0.25) is 5.91 Å². The van der Waals surface area contributed by atoms with Crippen LogP contribution in [0.2, 0.25) is 0 Å². The van der Waals surface area contributed by atoms with E-state index in [2.05, 4.69) is 12.2 Å². The van der Waals surface area contributed by atoms with Crippen molar-refractivity contribution in [3.8, 4) is 0 Å². The predicted molar refractivity (Wildman–Crippen MR) is 60.8 cm³/mol. The first-order valence-corrected chi connectivity index (χ1v) is 5.23. The van der Waals surface area contributed by atoms with Crippen molar-refractivity contribution < 1.29 is 4.79 Å². The molecule has 1 unspecified atom stereocenters. The number of halogens is 1. The number of amides is 1. The van der Waals surface area contributed by atoms with Gasteiger partial charge >= 0.3 is 0 Å². The summed E-state index contributed by atoms with van der Waals surface area (Å²) in [4.78, 5) is 13.7. The first kappa shape index (κ1) is 13.7. The number of rotatable bonds is 3. The van der Waals surface area contributed by atoms with Gasteiger partial charge in [0.05, 0.1) is 6.54 Å². The molecule has 1 aliphatic rings. The van der Waals surface area contributed by atoms with E-state index in [0.717, 1.165) is 13.0 Å². The molecule has 0 aliphatic carbocycles. The van der Waals surface area contributed by atoms with E-state index in [9.17, 15) is 4.79 Å². The summed E-state index contributed by atoms with van der Waals surface area (Å²) in [6.45, 7) is 3.60. The maximum Gasteiger partial charge on any atom is 0.236 e. The van der Waals surface area contributed by atoms with Crippen molar-refractivity contribution in [2.75, 3.05) is 20.1 Å². The number of hydrogen-bond donors (Lipinski definition) is 1. The molecule has 4 heteroatoms. The van der Waals surface area contributed by atoms with E-state index in [0.29, 0.717) is 12.6 Å². The second kappa shape index (κ2) is 7.07. The molecule has 3 nitrogen and oxygen atoms in total. The molecule has 1 fully saturated rings. The van der Waals surface area contributed by atoms with Crippen molar-refractivity contribution in [1.82, 2.24) is 10.2 Å². The summed E-state index contributed by atoms with van der Waals surface area (Å²) in [5, 5.41) is 2.92. The minimum Gasteiger partial charge on any atom is -0.339 e. The van der Waals surface area contributed by atoms with Crippen LogP contribution in [0.25, 0.3) is 0 Å². The normalized spacial score (nSPS) is 21.6. The van der Waals surface area contributed by atoms with Gasteiger partial charge in [-0.25, -0.2) is 0 Å². The van der Waals surface area contributed by atoms with E-state index < -0.39 is 0 Å². The zero-order chi connectivity index (χ0) is 9.68. The maximum absolute atomic E-state index is 11.6. The van der Waals surface area contributed by atoms with Crippen LogP contribution in [0.1, 0.15) is 32.6 Å². The molecule has 0 radical (unpaired) electrons. The number of likely N-dealkylation sites (tertiary alicyclic amines) is 1. The Morgan fingerprint density at radius 2 is 2.21 bits per heavy atom. The third-order valence-corrected chi connectivity index (χ3v) is 2.75. The van der Waals surface area contributed by atoms with E-state index in [1.165, 1.54) is 19.3 Å². The summed E-state index contributed by atoms with van der Waals surface area (Å²) in [6, 6.07) is 0.495. The van der Waals surface area contributed by atoms with Gasteiger partial charge in [0.25, 0.3) is 0 Å². The van der Waals surface area contributed by atoms with Crippen LogP contribution < -0.4 is 5.32 Å². The van der Waals surface area contributed by atoms with Crippen molar-refractivity contribution in [3.63, 3.8) is 0 Å². The summed E-state index contributed by atoms with van der Waals surface area (Å²) in [7, 11) is 1.82. The lowest BCUT2D eigenvalue weighted by Crippen LogP contribution is -2.46. The Kier molecular flexibility index (Phi) is 6.93. The zero-order valence-corrected chi connectivity index (χ0v) is 9.90. The van der Waals surface area contributed by atoms with Crippen LogP contribution in [0.5, 0.6) is 0 Å². The predicted octanol–water partition coefficient (Wildman–Crippen LogP) is 1.42. The molecular weight excluding hydrogens is 200 g/mol. The fourth-order valence-corrected chi connectivity index (χ4v) is 2.01. The molecule has 1 heterocycles. The van der Waals surface area contributed by atoms with Crippen LogP contribution in [-0.2, 0) is 4.79 Å². The molecule has 1 aliphatic heterocycles. The molecule has 0 aromatic rings. The third-order valence-electron chi connectivity index (χ3n) is 2.75. The molecule has 1 rings (SSSR count). The molecule has 1 amide bonds. The van der Waals surface area contributed by atoms with Gasteiger partial charge < -0.3 is 10.2 Å². The fraction of sp³-hybridized carbons (Fsp3) is 0.900. The Morgan fingerprint density at radius 1 is 1.50 bits per heavy atom. The highest BCUT2D eigenvalue weighted by Gasteiger charge is 2.24. The Hall–Kier alpha value is -0.280. The quantitative estimate of drug-likeness (QED) is 0.781. The van der Waals surface area contributed by atoms with Crippen molar-refractivity contribution in [2.24, 2.45) is 0 Å². The number of nitrogens with zero attached hydrogens (tertiary/aromatic N) is 1. The second-order valence-corrected chi connectivity index (χ2v) is 3.68. The van der Waals surface area contributed by atoms with Gasteiger partial charge in [0, 0.05) is 12.6 Å². The molecule has 0 spiro atoms. The lowest BCUT2D eigenvalue weighted by atomic mass is 10.00. The topological polar surface area (TPSA) is 32.3 Å². The van der Waals surface area contributed by atoms with Crippen LogP contribution in [0, 0.1) is 0 Å². The molecule has 84 valence electrons. The van der Waals surface area contributed by atoms with Gasteiger partial charge in [0.1, 0.15) is 0 Å². The number of hydrogen-bond acceptors (Lipinski definition) is 2. The lowest BCUT2D eigenvalue weighted by Gasteiger charge is -2.35. The molecule has 14 heavy (non-hydrogen) atoms. The largest absolute Gasteiger partial charge is 0.339 e. The van der Waals surface area contributed by atoms with Gasteiger partial charge in [-0.15, -0.1) is 12.4 Å². The monoisotopic (exact) mass is 220 g/mol. The molecular formula is C10H21ClN2O. The Balaban J connectivity index is 0.00000169. The minimum absolute atomic E-state index is 0. The molecule has 0 aromatic heterocycles. The van der Waals surface area contributed by atoms with E-state index in [1.54, 1.807) is 0 Å². The summed E-state index contributed by atoms with van der Waals surface area (Å²) in [5.41, 5.74) is 0. The second-order valence-electron chi connectivity index (χ2n) is 3.68. The molecule has 0 saturated carbocycles. The van der Waals surface area contributed by atoms with Gasteiger partial charge in [-0.1, -0.05) is 6.92 Å². The summed E-state index contributed by atoms with van der Waals surface area (Å²) < 4.78 is 0. The first-order valence-electron chi connectivity index (χ1n) is 5.23. The SMILES string of the molecule is CCC1CCCCN1C(=O)CNC.Cl. The Labute approximate surface area is 92.6 Å². The van der Waals surface area contributed by atoms with E-state index in [-0.39, 0.29) is 18.3 Å². The van der Waals surface area contributed by atoms with E-state index in [4.69, 9.17) is 0 Å². The smallest absolute Gasteiger partial charge is 0.236 e. The van der Waals surface area contributed by atoms with Crippen LogP contribution >= 0.6 is 12.4 Å². The molecule has 1 N–H and O–H groups in total. The van der Waals surface area contributed by atoms with Crippen LogP contribution in [0.15, 0.2) is 0 Å². The highest BCUT2D eigenvalue weighted by atomic mass is 35.5. The third kappa shape index (κ3) is 3.46.